The highest BCUT2D eigenvalue weighted by Crippen LogP contribution is 2.38. The largest absolute Gasteiger partial charge is 0.491 e. The van der Waals surface area contributed by atoms with Gasteiger partial charge in [-0.1, -0.05) is 24.6 Å². The molecule has 158 valence electrons. The van der Waals surface area contributed by atoms with Crippen LogP contribution in [-0.2, 0) is 15.7 Å². The van der Waals surface area contributed by atoms with E-state index < -0.39 is 23.6 Å². The topological polar surface area (TPSA) is 77.9 Å². The third-order valence-corrected chi connectivity index (χ3v) is 4.17. The Balaban J connectivity index is 2.36. The van der Waals surface area contributed by atoms with E-state index in [1.807, 2.05) is 0 Å². The van der Waals surface area contributed by atoms with Gasteiger partial charge in [0.25, 0.3) is 0 Å². The van der Waals surface area contributed by atoms with Crippen LogP contribution in [0.3, 0.4) is 0 Å². The quantitative estimate of drug-likeness (QED) is 0.551. The molecule has 2 aromatic rings. The lowest BCUT2D eigenvalue weighted by molar-refractivity contribution is -0.138. The smallest absolute Gasteiger partial charge is 0.417 e. The lowest BCUT2D eigenvalue weighted by Crippen LogP contribution is -2.08. The fourth-order valence-electron chi connectivity index (χ4n) is 2.47. The molecule has 0 bridgehead atoms. The molecule has 0 aliphatic heterocycles. The highest BCUT2D eigenvalue weighted by molar-refractivity contribution is 6.31. The maximum absolute atomic E-state index is 12.8. The number of halogens is 4. The van der Waals surface area contributed by atoms with Gasteiger partial charge in [-0.15, -0.1) is 0 Å². The molecule has 0 radical (unpaired) electrons. The minimum Gasteiger partial charge on any atom is -0.491 e. The number of carboxylic acids is 1. The van der Waals surface area contributed by atoms with E-state index in [1.165, 1.54) is 13.2 Å². The number of pyridine rings is 1. The highest BCUT2D eigenvalue weighted by atomic mass is 35.5. The van der Waals surface area contributed by atoms with E-state index in [-0.39, 0.29) is 29.7 Å². The minimum atomic E-state index is -4.59. The Morgan fingerprint density at radius 1 is 1.28 bits per heavy atom. The summed E-state index contributed by atoms with van der Waals surface area (Å²) in [7, 11) is 1.52. The third kappa shape index (κ3) is 6.50. The minimum absolute atomic E-state index is 0.172. The Morgan fingerprint density at radius 3 is 2.59 bits per heavy atom. The van der Waals surface area contributed by atoms with Crippen LogP contribution in [0.5, 0.6) is 17.4 Å². The Kier molecular flexibility index (Phi) is 7.69. The van der Waals surface area contributed by atoms with Crippen molar-refractivity contribution in [2.75, 3.05) is 20.3 Å². The number of methoxy groups -OCH3 is 1. The van der Waals surface area contributed by atoms with Crippen LogP contribution in [0, 0.1) is 0 Å². The van der Waals surface area contributed by atoms with Crippen LogP contribution in [0.4, 0.5) is 13.2 Å². The molecule has 0 aliphatic carbocycles. The van der Waals surface area contributed by atoms with Crippen molar-refractivity contribution in [3.05, 3.63) is 46.6 Å². The number of nitrogens with zero attached hydrogens (tertiary/aromatic N) is 1. The fraction of sp³-hybridized carbons (Fsp3) is 0.368. The van der Waals surface area contributed by atoms with Crippen LogP contribution in [0.15, 0.2) is 30.5 Å². The van der Waals surface area contributed by atoms with E-state index >= 15 is 0 Å². The maximum atomic E-state index is 12.8. The van der Waals surface area contributed by atoms with Crippen LogP contribution in [0.25, 0.3) is 0 Å². The molecule has 1 atom stereocenters. The molecule has 1 aromatic carbocycles. The van der Waals surface area contributed by atoms with E-state index in [2.05, 4.69) is 4.98 Å². The molecule has 1 unspecified atom stereocenters. The average Bonchev–Trinajstić information content (AvgIpc) is 2.62. The standard InChI is InChI=1S/C19H19ClF3NO5/c1-11(7-17(25)26)14-4-3-13(28-6-5-27-2)9-16(14)29-18-15(20)8-12(10-24-18)19(21,22)23/h3-4,8-11H,5-7H2,1-2H3,(H,25,26). The summed E-state index contributed by atoms with van der Waals surface area (Å²) < 4.78 is 54.5. The molecule has 10 heteroatoms. The van der Waals surface area contributed by atoms with Crippen LogP contribution < -0.4 is 9.47 Å². The van der Waals surface area contributed by atoms with Crippen molar-refractivity contribution < 1.29 is 37.3 Å². The van der Waals surface area contributed by atoms with Crippen LogP contribution >= 0.6 is 11.6 Å². The molecule has 1 heterocycles. The van der Waals surface area contributed by atoms with Gasteiger partial charge in [-0.05, 0) is 23.6 Å². The monoisotopic (exact) mass is 433 g/mol. The Bertz CT molecular complexity index is 860. The molecule has 0 amide bonds. The van der Waals surface area contributed by atoms with Gasteiger partial charge in [0, 0.05) is 19.4 Å². The Hall–Kier alpha value is -2.52. The summed E-state index contributed by atoms with van der Waals surface area (Å²) in [5.41, 5.74) is -0.491. The zero-order valence-electron chi connectivity index (χ0n) is 15.6. The first kappa shape index (κ1) is 22.8. The normalized spacial score (nSPS) is 12.5. The predicted octanol–water partition coefficient (Wildman–Crippen LogP) is 5.15. The van der Waals surface area contributed by atoms with Gasteiger partial charge < -0.3 is 19.3 Å². The lowest BCUT2D eigenvalue weighted by atomic mass is 9.96. The molecule has 6 nitrogen and oxygen atoms in total. The first-order chi connectivity index (χ1) is 13.6. The highest BCUT2D eigenvalue weighted by Gasteiger charge is 2.32. The van der Waals surface area contributed by atoms with Gasteiger partial charge in [-0.25, -0.2) is 4.98 Å². The predicted molar refractivity (Wildman–Crippen MR) is 98.8 cm³/mol. The first-order valence-corrected chi connectivity index (χ1v) is 8.87. The van der Waals surface area contributed by atoms with E-state index in [0.717, 1.165) is 0 Å². The van der Waals surface area contributed by atoms with Gasteiger partial charge in [0.05, 0.1) is 18.6 Å². The lowest BCUT2D eigenvalue weighted by Gasteiger charge is -2.17. The molecular formula is C19H19ClF3NO5. The molecule has 0 spiro atoms. The van der Waals surface area contributed by atoms with Crippen molar-refractivity contribution in [2.24, 2.45) is 0 Å². The summed E-state index contributed by atoms with van der Waals surface area (Å²) in [6, 6.07) is 5.48. The summed E-state index contributed by atoms with van der Waals surface area (Å²) in [6.45, 7) is 2.29. The molecule has 0 saturated heterocycles. The van der Waals surface area contributed by atoms with Crippen molar-refractivity contribution in [3.63, 3.8) is 0 Å². The fourth-order valence-corrected chi connectivity index (χ4v) is 2.68. The van der Waals surface area contributed by atoms with E-state index in [9.17, 15) is 18.0 Å². The second kappa shape index (κ2) is 9.80. The SMILES string of the molecule is COCCOc1ccc(C(C)CC(=O)O)c(Oc2ncc(C(F)(F)F)cc2Cl)c1. The second-order valence-corrected chi connectivity index (χ2v) is 6.56. The van der Waals surface area contributed by atoms with Gasteiger partial charge in [0.15, 0.2) is 0 Å². The van der Waals surface area contributed by atoms with Gasteiger partial charge in [0.2, 0.25) is 5.88 Å². The van der Waals surface area contributed by atoms with Crippen molar-refractivity contribution in [1.29, 1.82) is 0 Å². The maximum Gasteiger partial charge on any atom is 0.417 e. The summed E-state index contributed by atoms with van der Waals surface area (Å²) >= 11 is 5.91. The van der Waals surface area contributed by atoms with E-state index in [4.69, 9.17) is 30.9 Å². The summed E-state index contributed by atoms with van der Waals surface area (Å²) in [5.74, 6) is -1.09. The summed E-state index contributed by atoms with van der Waals surface area (Å²) in [5, 5.41) is 8.72. The summed E-state index contributed by atoms with van der Waals surface area (Å²) in [4.78, 5) is 14.7. The van der Waals surface area contributed by atoms with Crippen LogP contribution in [-0.4, -0.2) is 36.4 Å². The number of hydrogen-bond donors (Lipinski definition) is 1. The van der Waals surface area contributed by atoms with Crippen molar-refractivity contribution >= 4 is 17.6 Å². The zero-order chi connectivity index (χ0) is 21.6. The first-order valence-electron chi connectivity index (χ1n) is 8.50. The molecule has 1 aromatic heterocycles. The number of carboxylic acid groups (broad SMARTS) is 1. The molecule has 2 rings (SSSR count). The number of ether oxygens (including phenoxy) is 3. The van der Waals surface area contributed by atoms with Gasteiger partial charge >= 0.3 is 12.1 Å². The van der Waals surface area contributed by atoms with Crippen LogP contribution in [0.2, 0.25) is 5.02 Å². The number of rotatable bonds is 9. The molecule has 0 saturated carbocycles. The van der Waals surface area contributed by atoms with Crippen LogP contribution in [0.1, 0.15) is 30.4 Å². The van der Waals surface area contributed by atoms with Crippen molar-refractivity contribution in [2.45, 2.75) is 25.4 Å². The van der Waals surface area contributed by atoms with Gasteiger partial charge in [-0.3, -0.25) is 4.79 Å². The Morgan fingerprint density at radius 2 is 2.00 bits per heavy atom. The second-order valence-electron chi connectivity index (χ2n) is 6.15. The van der Waals surface area contributed by atoms with E-state index in [1.54, 1.807) is 19.1 Å². The summed E-state index contributed by atoms with van der Waals surface area (Å²) in [6.07, 6.45) is -4.15. The Labute approximate surface area is 170 Å². The molecule has 1 N–H and O–H groups in total. The van der Waals surface area contributed by atoms with E-state index in [0.29, 0.717) is 30.2 Å². The number of carbonyl (C=O) groups is 1. The zero-order valence-corrected chi connectivity index (χ0v) is 16.4. The number of benzene rings is 1. The van der Waals surface area contributed by atoms with Gasteiger partial charge in [0.1, 0.15) is 23.1 Å². The number of alkyl halides is 3. The number of aliphatic carboxylic acids is 1. The van der Waals surface area contributed by atoms with Crippen molar-refractivity contribution in [1.82, 2.24) is 4.98 Å². The third-order valence-electron chi connectivity index (χ3n) is 3.89. The molecule has 0 aliphatic rings. The molecular weight excluding hydrogens is 415 g/mol. The number of hydrogen-bond acceptors (Lipinski definition) is 5. The molecule has 29 heavy (non-hydrogen) atoms. The van der Waals surface area contributed by atoms with Crippen molar-refractivity contribution in [3.8, 4) is 17.4 Å². The number of aromatic nitrogens is 1. The van der Waals surface area contributed by atoms with Gasteiger partial charge in [-0.2, -0.15) is 13.2 Å². The molecule has 0 fully saturated rings. The average molecular weight is 434 g/mol.